The van der Waals surface area contributed by atoms with Crippen molar-refractivity contribution in [1.29, 1.82) is 0 Å². The number of thiophene rings is 1. The number of benzene rings is 1. The Kier molecular flexibility index (Phi) is 6.69. The van der Waals surface area contributed by atoms with E-state index in [2.05, 4.69) is 67.1 Å². The lowest BCUT2D eigenvalue weighted by Crippen LogP contribution is -2.31. The predicted molar refractivity (Wildman–Crippen MR) is 140 cm³/mol. The minimum absolute atomic E-state index is 0.0202. The third-order valence-electron chi connectivity index (χ3n) is 8.01. The first kappa shape index (κ1) is 23.4. The molecule has 1 aliphatic heterocycles. The van der Waals surface area contributed by atoms with Crippen LogP contribution in [0.25, 0.3) is 5.57 Å². The smallest absolute Gasteiger partial charge is 0.348 e. The van der Waals surface area contributed by atoms with Gasteiger partial charge < -0.3 is 9.64 Å². The van der Waals surface area contributed by atoms with Crippen molar-refractivity contribution >= 4 is 22.9 Å². The maximum Gasteiger partial charge on any atom is 0.348 e. The fourth-order valence-electron chi connectivity index (χ4n) is 5.69. The number of carbonyl (C=O) groups is 1. The lowest BCUT2D eigenvalue weighted by Gasteiger charge is -2.35. The highest BCUT2D eigenvalue weighted by molar-refractivity contribution is 7.14. The molecule has 0 radical (unpaired) electrons. The number of nitrogens with zero attached hydrogens (tertiary/aromatic N) is 1. The molecule has 0 bridgehead atoms. The maximum absolute atomic E-state index is 12.8. The third-order valence-corrected chi connectivity index (χ3v) is 9.04. The fourth-order valence-corrected chi connectivity index (χ4v) is 6.65. The zero-order chi connectivity index (χ0) is 23.7. The number of hydrogen-bond donors (Lipinski definition) is 0. The maximum atomic E-state index is 12.8. The molecule has 0 amide bonds. The second-order valence-electron chi connectivity index (χ2n) is 10.5. The van der Waals surface area contributed by atoms with Crippen LogP contribution in [0.4, 0.5) is 0 Å². The van der Waals surface area contributed by atoms with E-state index >= 15 is 0 Å². The van der Waals surface area contributed by atoms with Crippen LogP contribution >= 0.6 is 11.3 Å². The van der Waals surface area contributed by atoms with Gasteiger partial charge >= 0.3 is 5.97 Å². The number of esters is 1. The Balaban J connectivity index is 1.52. The molecule has 4 heteroatoms. The van der Waals surface area contributed by atoms with Crippen LogP contribution in [-0.4, -0.2) is 38.1 Å². The average molecular weight is 474 g/mol. The Morgan fingerprint density at radius 1 is 1.15 bits per heavy atom. The van der Waals surface area contributed by atoms with Crippen LogP contribution in [0, 0.1) is 23.7 Å². The second kappa shape index (κ2) is 9.72. The van der Waals surface area contributed by atoms with E-state index in [1.807, 2.05) is 0 Å². The van der Waals surface area contributed by atoms with Gasteiger partial charge in [-0.25, -0.2) is 4.79 Å². The SMILES string of the molecule is COC(=O)c1sc(C#CC2(c3ccccc3)CC2)cc1C1=C(C2CCC(C)CC2)CN(C)CC1. The Bertz CT molecular complexity index is 1140. The molecule has 2 aromatic rings. The number of likely N-dealkylation sites (N-methyl/N-ethyl adjacent to an activating group) is 1. The number of ether oxygens (including phenoxy) is 1. The Labute approximate surface area is 208 Å². The Morgan fingerprint density at radius 2 is 1.88 bits per heavy atom. The first-order valence-electron chi connectivity index (χ1n) is 12.7. The van der Waals surface area contributed by atoms with Crippen molar-refractivity contribution in [1.82, 2.24) is 4.90 Å². The van der Waals surface area contributed by atoms with Crippen molar-refractivity contribution in [2.24, 2.45) is 11.8 Å². The van der Waals surface area contributed by atoms with Crippen LogP contribution in [0.2, 0.25) is 0 Å². The van der Waals surface area contributed by atoms with Crippen LogP contribution in [0.1, 0.15) is 77.5 Å². The molecule has 1 aromatic heterocycles. The van der Waals surface area contributed by atoms with Gasteiger partial charge in [-0.1, -0.05) is 61.9 Å². The Morgan fingerprint density at radius 3 is 2.56 bits per heavy atom. The lowest BCUT2D eigenvalue weighted by molar-refractivity contribution is 0.0606. The minimum atomic E-state index is -0.236. The van der Waals surface area contributed by atoms with E-state index in [9.17, 15) is 4.79 Å². The molecule has 0 N–H and O–H groups in total. The highest BCUT2D eigenvalue weighted by Crippen LogP contribution is 2.48. The molecule has 1 aromatic carbocycles. The molecule has 0 unspecified atom stereocenters. The summed E-state index contributed by atoms with van der Waals surface area (Å²) in [5.41, 5.74) is 5.29. The monoisotopic (exact) mass is 473 g/mol. The first-order chi connectivity index (χ1) is 16.5. The summed E-state index contributed by atoms with van der Waals surface area (Å²) in [6, 6.07) is 12.8. The Hall–Kier alpha value is -2.35. The molecule has 2 heterocycles. The van der Waals surface area contributed by atoms with E-state index in [0.29, 0.717) is 5.92 Å². The zero-order valence-electron chi connectivity index (χ0n) is 20.7. The van der Waals surface area contributed by atoms with Crippen LogP contribution in [0.15, 0.2) is 42.0 Å². The van der Waals surface area contributed by atoms with Crippen molar-refractivity contribution in [2.75, 3.05) is 27.2 Å². The average Bonchev–Trinajstić information content (AvgIpc) is 3.55. The molecule has 2 aliphatic carbocycles. The van der Waals surface area contributed by atoms with E-state index in [4.69, 9.17) is 4.74 Å². The van der Waals surface area contributed by atoms with Gasteiger partial charge in [0.15, 0.2) is 0 Å². The van der Waals surface area contributed by atoms with Gasteiger partial charge in [0.2, 0.25) is 0 Å². The molecule has 2 saturated carbocycles. The van der Waals surface area contributed by atoms with E-state index in [-0.39, 0.29) is 11.4 Å². The number of rotatable bonds is 4. The minimum Gasteiger partial charge on any atom is -0.465 e. The van der Waals surface area contributed by atoms with Crippen molar-refractivity contribution in [3.8, 4) is 11.8 Å². The lowest BCUT2D eigenvalue weighted by atomic mass is 9.75. The highest BCUT2D eigenvalue weighted by Gasteiger charge is 2.42. The highest BCUT2D eigenvalue weighted by atomic mass is 32.1. The molecule has 0 saturated heterocycles. The molecule has 178 valence electrons. The number of hydrogen-bond acceptors (Lipinski definition) is 4. The van der Waals surface area contributed by atoms with E-state index in [1.54, 1.807) is 5.57 Å². The second-order valence-corrected chi connectivity index (χ2v) is 11.5. The van der Waals surface area contributed by atoms with Crippen LogP contribution < -0.4 is 0 Å². The summed E-state index contributed by atoms with van der Waals surface area (Å²) in [5.74, 6) is 8.25. The predicted octanol–water partition coefficient (Wildman–Crippen LogP) is 6.53. The van der Waals surface area contributed by atoms with Crippen molar-refractivity contribution < 1.29 is 9.53 Å². The summed E-state index contributed by atoms with van der Waals surface area (Å²) < 4.78 is 5.21. The molecular weight excluding hydrogens is 438 g/mol. The van der Waals surface area contributed by atoms with E-state index < -0.39 is 0 Å². The molecule has 2 fully saturated rings. The van der Waals surface area contributed by atoms with Crippen LogP contribution in [0.5, 0.6) is 0 Å². The summed E-state index contributed by atoms with van der Waals surface area (Å²) in [6.45, 7) is 4.40. The fraction of sp³-hybridized carbons (Fsp3) is 0.500. The molecule has 34 heavy (non-hydrogen) atoms. The van der Waals surface area contributed by atoms with Gasteiger partial charge in [-0.2, -0.15) is 0 Å². The standard InChI is InChI=1S/C30H35NO2S/c1-21-9-11-22(12-10-21)27-20-31(2)18-14-25(27)26-19-24(34-28(26)29(32)33-3)13-15-30(16-17-30)23-7-5-4-6-8-23/h4-8,19,21-22H,9-12,14,16-18,20H2,1-3H3. The van der Waals surface area contributed by atoms with Gasteiger partial charge in [-0.15, -0.1) is 11.3 Å². The van der Waals surface area contributed by atoms with Gasteiger partial charge in [0.1, 0.15) is 4.88 Å². The number of methoxy groups -OCH3 is 1. The van der Waals surface area contributed by atoms with E-state index in [0.717, 1.165) is 53.6 Å². The van der Waals surface area contributed by atoms with Crippen LogP contribution in [-0.2, 0) is 10.2 Å². The van der Waals surface area contributed by atoms with Gasteiger partial charge in [-0.05, 0) is 73.8 Å². The molecule has 3 nitrogen and oxygen atoms in total. The normalized spacial score (nSPS) is 24.3. The molecule has 0 spiro atoms. The third kappa shape index (κ3) is 4.74. The summed E-state index contributed by atoms with van der Waals surface area (Å²) in [5, 5.41) is 0. The van der Waals surface area contributed by atoms with E-state index in [1.165, 1.54) is 55.3 Å². The quantitative estimate of drug-likeness (QED) is 0.373. The van der Waals surface area contributed by atoms with Crippen molar-refractivity contribution in [2.45, 2.75) is 57.3 Å². The van der Waals surface area contributed by atoms with Gasteiger partial charge in [0.05, 0.1) is 17.4 Å². The molecular formula is C30H35NO2S. The summed E-state index contributed by atoms with van der Waals surface area (Å²) >= 11 is 1.50. The van der Waals surface area contributed by atoms with Gasteiger partial charge in [0.25, 0.3) is 0 Å². The molecule has 5 rings (SSSR count). The first-order valence-corrected chi connectivity index (χ1v) is 13.5. The van der Waals surface area contributed by atoms with Crippen molar-refractivity contribution in [3.05, 3.63) is 62.9 Å². The summed E-state index contributed by atoms with van der Waals surface area (Å²) in [6.07, 6.45) is 8.32. The van der Waals surface area contributed by atoms with Gasteiger partial charge in [-0.3, -0.25) is 0 Å². The number of carbonyl (C=O) groups excluding carboxylic acids is 1. The molecule has 0 atom stereocenters. The topological polar surface area (TPSA) is 29.5 Å². The van der Waals surface area contributed by atoms with Crippen molar-refractivity contribution in [3.63, 3.8) is 0 Å². The summed E-state index contributed by atoms with van der Waals surface area (Å²) in [4.78, 5) is 16.9. The zero-order valence-corrected chi connectivity index (χ0v) is 21.5. The van der Waals surface area contributed by atoms with Gasteiger partial charge in [0, 0.05) is 18.7 Å². The summed E-state index contributed by atoms with van der Waals surface area (Å²) in [7, 11) is 3.70. The van der Waals surface area contributed by atoms with Crippen LogP contribution in [0.3, 0.4) is 0 Å². The molecule has 3 aliphatic rings. The largest absolute Gasteiger partial charge is 0.465 e.